The predicted molar refractivity (Wildman–Crippen MR) is 94.0 cm³/mol. The SMILES string of the molecule is Cc1ccc(OCCC(=O)OCC(=O)Nc2ccc(OC(F)F)cc2)cc1. The molecular weight excluding hydrogens is 360 g/mol. The van der Waals surface area contributed by atoms with Crippen molar-refractivity contribution >= 4 is 17.6 Å². The number of nitrogens with one attached hydrogen (secondary N) is 1. The van der Waals surface area contributed by atoms with Gasteiger partial charge in [0.1, 0.15) is 11.5 Å². The third-order valence-electron chi connectivity index (χ3n) is 3.32. The first-order valence-electron chi connectivity index (χ1n) is 8.12. The van der Waals surface area contributed by atoms with Crippen LogP contribution < -0.4 is 14.8 Å². The van der Waals surface area contributed by atoms with Crippen molar-refractivity contribution in [2.75, 3.05) is 18.5 Å². The number of anilines is 1. The molecule has 6 nitrogen and oxygen atoms in total. The van der Waals surface area contributed by atoms with Gasteiger partial charge in [-0.15, -0.1) is 0 Å². The van der Waals surface area contributed by atoms with Gasteiger partial charge in [-0.3, -0.25) is 9.59 Å². The Bertz CT molecular complexity index is 748. The Morgan fingerprint density at radius 3 is 2.26 bits per heavy atom. The second-order valence-electron chi connectivity index (χ2n) is 5.52. The number of carbonyl (C=O) groups excluding carboxylic acids is 2. The second-order valence-corrected chi connectivity index (χ2v) is 5.52. The maximum atomic E-state index is 12.1. The smallest absolute Gasteiger partial charge is 0.387 e. The molecule has 0 aromatic heterocycles. The molecule has 8 heteroatoms. The second kappa shape index (κ2) is 10.1. The Balaban J connectivity index is 1.65. The fourth-order valence-electron chi connectivity index (χ4n) is 2.02. The third-order valence-corrected chi connectivity index (χ3v) is 3.32. The number of alkyl halides is 2. The molecule has 0 unspecified atom stereocenters. The third kappa shape index (κ3) is 7.72. The van der Waals surface area contributed by atoms with Crippen LogP contribution in [0.1, 0.15) is 12.0 Å². The van der Waals surface area contributed by atoms with Crippen molar-refractivity contribution in [3.63, 3.8) is 0 Å². The van der Waals surface area contributed by atoms with Crippen LogP contribution in [0.15, 0.2) is 48.5 Å². The minimum Gasteiger partial charge on any atom is -0.493 e. The first kappa shape index (κ1) is 20.2. The topological polar surface area (TPSA) is 73.9 Å². The van der Waals surface area contributed by atoms with Crippen LogP contribution in [0.25, 0.3) is 0 Å². The van der Waals surface area contributed by atoms with E-state index in [1.165, 1.54) is 24.3 Å². The van der Waals surface area contributed by atoms with E-state index in [2.05, 4.69) is 10.1 Å². The fourth-order valence-corrected chi connectivity index (χ4v) is 2.02. The van der Waals surface area contributed by atoms with E-state index >= 15 is 0 Å². The number of amides is 1. The van der Waals surface area contributed by atoms with Crippen LogP contribution in [-0.4, -0.2) is 31.7 Å². The van der Waals surface area contributed by atoms with Crippen LogP contribution >= 0.6 is 0 Å². The van der Waals surface area contributed by atoms with E-state index in [0.717, 1.165) is 5.56 Å². The quantitative estimate of drug-likeness (QED) is 0.675. The molecule has 2 aromatic carbocycles. The lowest BCUT2D eigenvalue weighted by Crippen LogP contribution is -2.21. The molecule has 1 amide bonds. The summed E-state index contributed by atoms with van der Waals surface area (Å²) in [7, 11) is 0. The number of aryl methyl sites for hydroxylation is 1. The Hall–Kier alpha value is -3.16. The van der Waals surface area contributed by atoms with Gasteiger partial charge in [0, 0.05) is 5.69 Å². The van der Waals surface area contributed by atoms with Crippen LogP contribution in [0, 0.1) is 6.92 Å². The lowest BCUT2D eigenvalue weighted by molar-refractivity contribution is -0.147. The first-order chi connectivity index (χ1) is 12.9. The lowest BCUT2D eigenvalue weighted by atomic mass is 10.2. The van der Waals surface area contributed by atoms with Gasteiger partial charge in [0.2, 0.25) is 0 Å². The summed E-state index contributed by atoms with van der Waals surface area (Å²) < 4.78 is 38.6. The fraction of sp³-hybridized carbons (Fsp3) is 0.263. The Morgan fingerprint density at radius 2 is 1.63 bits per heavy atom. The first-order valence-corrected chi connectivity index (χ1v) is 8.12. The molecule has 0 aliphatic carbocycles. The number of hydrogen-bond acceptors (Lipinski definition) is 5. The van der Waals surface area contributed by atoms with Crippen LogP contribution in [0.3, 0.4) is 0 Å². The molecule has 0 saturated heterocycles. The van der Waals surface area contributed by atoms with Gasteiger partial charge < -0.3 is 19.5 Å². The molecule has 0 fully saturated rings. The number of ether oxygens (including phenoxy) is 3. The van der Waals surface area contributed by atoms with Crippen molar-refractivity contribution < 1.29 is 32.6 Å². The molecule has 0 aliphatic rings. The molecule has 144 valence electrons. The van der Waals surface area contributed by atoms with Gasteiger partial charge >= 0.3 is 12.6 Å². The van der Waals surface area contributed by atoms with E-state index in [0.29, 0.717) is 11.4 Å². The molecular formula is C19H19F2NO5. The summed E-state index contributed by atoms with van der Waals surface area (Å²) in [4.78, 5) is 23.4. The van der Waals surface area contributed by atoms with Crippen LogP contribution in [0.5, 0.6) is 11.5 Å². The molecule has 0 saturated carbocycles. The van der Waals surface area contributed by atoms with Gasteiger partial charge in [-0.1, -0.05) is 17.7 Å². The Labute approximate surface area is 155 Å². The molecule has 1 N–H and O–H groups in total. The van der Waals surface area contributed by atoms with Crippen LogP contribution in [-0.2, 0) is 14.3 Å². The Kier molecular flexibility index (Phi) is 7.54. The maximum Gasteiger partial charge on any atom is 0.387 e. The highest BCUT2D eigenvalue weighted by Gasteiger charge is 2.09. The van der Waals surface area contributed by atoms with Gasteiger partial charge in [-0.05, 0) is 43.3 Å². The van der Waals surface area contributed by atoms with Crippen molar-refractivity contribution in [1.82, 2.24) is 0 Å². The average Bonchev–Trinajstić information content (AvgIpc) is 2.63. The molecule has 0 spiro atoms. The van der Waals surface area contributed by atoms with Crippen LogP contribution in [0.2, 0.25) is 0 Å². The van der Waals surface area contributed by atoms with Crippen molar-refractivity contribution in [1.29, 1.82) is 0 Å². The van der Waals surface area contributed by atoms with Gasteiger partial charge in [-0.2, -0.15) is 8.78 Å². The predicted octanol–water partition coefficient (Wildman–Crippen LogP) is 3.55. The van der Waals surface area contributed by atoms with E-state index in [9.17, 15) is 18.4 Å². The van der Waals surface area contributed by atoms with Crippen molar-refractivity contribution in [2.24, 2.45) is 0 Å². The van der Waals surface area contributed by atoms with E-state index in [1.54, 1.807) is 12.1 Å². The summed E-state index contributed by atoms with van der Waals surface area (Å²) in [5, 5.41) is 2.47. The summed E-state index contributed by atoms with van der Waals surface area (Å²) >= 11 is 0. The largest absolute Gasteiger partial charge is 0.493 e. The highest BCUT2D eigenvalue weighted by atomic mass is 19.3. The zero-order valence-electron chi connectivity index (χ0n) is 14.6. The van der Waals surface area contributed by atoms with Crippen molar-refractivity contribution in [3.8, 4) is 11.5 Å². The number of carbonyl (C=O) groups is 2. The molecule has 27 heavy (non-hydrogen) atoms. The lowest BCUT2D eigenvalue weighted by Gasteiger charge is -2.09. The zero-order valence-corrected chi connectivity index (χ0v) is 14.6. The molecule has 0 heterocycles. The summed E-state index contributed by atoms with van der Waals surface area (Å²) in [6, 6.07) is 12.7. The van der Waals surface area contributed by atoms with E-state index < -0.39 is 25.1 Å². The van der Waals surface area contributed by atoms with Crippen molar-refractivity contribution in [2.45, 2.75) is 20.0 Å². The molecule has 2 rings (SSSR count). The minimum absolute atomic E-state index is 0.000814. The highest BCUT2D eigenvalue weighted by Crippen LogP contribution is 2.17. The standard InChI is InChI=1S/C19H19F2NO5/c1-13-2-6-15(7-3-13)25-11-10-18(24)26-12-17(23)22-14-4-8-16(9-5-14)27-19(20)21/h2-9,19H,10-12H2,1H3,(H,22,23). The number of hydrogen-bond donors (Lipinski definition) is 1. The van der Waals surface area contributed by atoms with E-state index in [4.69, 9.17) is 9.47 Å². The van der Waals surface area contributed by atoms with Gasteiger partial charge in [0.15, 0.2) is 6.61 Å². The number of halogens is 2. The highest BCUT2D eigenvalue weighted by molar-refractivity contribution is 5.92. The van der Waals surface area contributed by atoms with Gasteiger partial charge in [0.25, 0.3) is 5.91 Å². The molecule has 0 aliphatic heterocycles. The number of esters is 1. The number of benzene rings is 2. The molecule has 0 radical (unpaired) electrons. The summed E-state index contributed by atoms with van der Waals surface area (Å²) in [5.41, 5.74) is 1.46. The van der Waals surface area contributed by atoms with Crippen molar-refractivity contribution in [3.05, 3.63) is 54.1 Å². The van der Waals surface area contributed by atoms with E-state index in [1.807, 2.05) is 19.1 Å². The molecule has 0 bridgehead atoms. The van der Waals surface area contributed by atoms with Gasteiger partial charge in [0.05, 0.1) is 13.0 Å². The molecule has 2 aromatic rings. The summed E-state index contributed by atoms with van der Waals surface area (Å²) in [5.74, 6) is -0.503. The zero-order chi connectivity index (χ0) is 19.6. The van der Waals surface area contributed by atoms with Gasteiger partial charge in [-0.25, -0.2) is 0 Å². The normalized spacial score (nSPS) is 10.4. The average molecular weight is 379 g/mol. The van der Waals surface area contributed by atoms with E-state index in [-0.39, 0.29) is 18.8 Å². The molecule has 0 atom stereocenters. The summed E-state index contributed by atoms with van der Waals surface area (Å²) in [6.07, 6.45) is 0.000814. The number of rotatable bonds is 9. The summed E-state index contributed by atoms with van der Waals surface area (Å²) in [6.45, 7) is -1.29. The monoisotopic (exact) mass is 379 g/mol. The Morgan fingerprint density at radius 1 is 1.00 bits per heavy atom. The van der Waals surface area contributed by atoms with Crippen LogP contribution in [0.4, 0.5) is 14.5 Å². The maximum absolute atomic E-state index is 12.1. The minimum atomic E-state index is -2.92.